The van der Waals surface area contributed by atoms with Gasteiger partial charge in [0, 0.05) is 17.6 Å². The highest BCUT2D eigenvalue weighted by Gasteiger charge is 2.39. The van der Waals surface area contributed by atoms with Crippen molar-refractivity contribution in [3.05, 3.63) is 89.9 Å². The molecule has 1 aromatic heterocycles. The molecule has 0 spiro atoms. The van der Waals surface area contributed by atoms with Crippen molar-refractivity contribution in [2.75, 3.05) is 12.0 Å². The number of fused-ring (bicyclic) bond motifs is 2. The van der Waals surface area contributed by atoms with Crippen LogP contribution in [-0.2, 0) is 10.0 Å². The third kappa shape index (κ3) is 2.75. The normalized spacial score (nSPS) is 13.6. The van der Waals surface area contributed by atoms with E-state index >= 15 is 0 Å². The maximum absolute atomic E-state index is 15.0. The van der Waals surface area contributed by atoms with Crippen LogP contribution in [0.15, 0.2) is 77.8 Å². The Kier molecular flexibility index (Phi) is 4.38. The number of nitrogens with zero attached hydrogens (tertiary/aromatic N) is 2. The van der Waals surface area contributed by atoms with Gasteiger partial charge in [0.05, 0.1) is 29.4 Å². The zero-order valence-corrected chi connectivity index (χ0v) is 17.5. The van der Waals surface area contributed by atoms with E-state index in [0.29, 0.717) is 15.8 Å². The molecule has 0 saturated carbocycles. The van der Waals surface area contributed by atoms with Crippen molar-refractivity contribution in [1.29, 1.82) is 0 Å². The molecule has 160 valence electrons. The van der Waals surface area contributed by atoms with Crippen LogP contribution in [0.5, 0.6) is 5.75 Å². The Morgan fingerprint density at radius 3 is 2.16 bits per heavy atom. The van der Waals surface area contributed by atoms with Crippen molar-refractivity contribution < 1.29 is 27.1 Å². The van der Waals surface area contributed by atoms with Crippen molar-refractivity contribution in [2.24, 2.45) is 0 Å². The van der Waals surface area contributed by atoms with Gasteiger partial charge in [-0.05, 0) is 30.3 Å². The number of carbonyl (C=O) groups is 2. The lowest BCUT2D eigenvalue weighted by Crippen LogP contribution is -2.30. The summed E-state index contributed by atoms with van der Waals surface area (Å²) in [6, 6.07) is 16.4. The van der Waals surface area contributed by atoms with Gasteiger partial charge in [-0.2, -0.15) is 0 Å². The molecule has 2 heterocycles. The van der Waals surface area contributed by atoms with Gasteiger partial charge in [-0.15, -0.1) is 0 Å². The summed E-state index contributed by atoms with van der Waals surface area (Å²) in [7, 11) is -3.05. The zero-order chi connectivity index (χ0) is 22.6. The van der Waals surface area contributed by atoms with Gasteiger partial charge in [0.15, 0.2) is 5.82 Å². The van der Waals surface area contributed by atoms with Gasteiger partial charge in [0.25, 0.3) is 21.8 Å². The molecule has 7 nitrogen and oxygen atoms in total. The number of benzene rings is 3. The highest BCUT2D eigenvalue weighted by atomic mass is 32.2. The van der Waals surface area contributed by atoms with Crippen LogP contribution in [0.4, 0.5) is 10.1 Å². The second kappa shape index (κ2) is 7.03. The van der Waals surface area contributed by atoms with Gasteiger partial charge in [-0.3, -0.25) is 9.59 Å². The highest BCUT2D eigenvalue weighted by Crippen LogP contribution is 2.37. The summed E-state index contributed by atoms with van der Waals surface area (Å²) in [6.45, 7) is 0. The van der Waals surface area contributed by atoms with E-state index in [4.69, 9.17) is 4.74 Å². The maximum atomic E-state index is 15.0. The molecule has 0 radical (unpaired) electrons. The molecule has 1 aliphatic heterocycles. The van der Waals surface area contributed by atoms with Gasteiger partial charge in [-0.1, -0.05) is 30.3 Å². The summed E-state index contributed by atoms with van der Waals surface area (Å²) < 4.78 is 48.2. The van der Waals surface area contributed by atoms with Gasteiger partial charge >= 0.3 is 0 Å². The molecule has 5 rings (SSSR count). The Balaban J connectivity index is 1.71. The smallest absolute Gasteiger partial charge is 0.271 e. The average Bonchev–Trinajstić information content (AvgIpc) is 3.34. The number of rotatable bonds is 4. The fraction of sp³-hybridized carbons (Fsp3) is 0.0435. The summed E-state index contributed by atoms with van der Waals surface area (Å²) in [6.07, 6.45) is 1.38. The van der Waals surface area contributed by atoms with Crippen molar-refractivity contribution >= 4 is 38.4 Å². The molecule has 0 bridgehead atoms. The number of imide groups is 1. The number of anilines is 1. The van der Waals surface area contributed by atoms with Crippen LogP contribution in [0.3, 0.4) is 0 Å². The summed E-state index contributed by atoms with van der Waals surface area (Å²) >= 11 is 0. The van der Waals surface area contributed by atoms with Gasteiger partial charge in [0.2, 0.25) is 0 Å². The molecule has 32 heavy (non-hydrogen) atoms. The van der Waals surface area contributed by atoms with Gasteiger partial charge < -0.3 is 4.74 Å². The third-order valence-corrected chi connectivity index (χ3v) is 7.08. The van der Waals surface area contributed by atoms with Crippen molar-refractivity contribution in [3.63, 3.8) is 0 Å². The topological polar surface area (TPSA) is 85.7 Å². The van der Waals surface area contributed by atoms with E-state index in [1.54, 1.807) is 42.5 Å². The number of halogens is 1. The molecule has 0 N–H and O–H groups in total. The molecule has 0 saturated heterocycles. The first kappa shape index (κ1) is 20.0. The molecule has 9 heteroatoms. The predicted octanol–water partition coefficient (Wildman–Crippen LogP) is 3.83. The van der Waals surface area contributed by atoms with Crippen molar-refractivity contribution in [3.8, 4) is 5.75 Å². The molecule has 4 aromatic rings. The quantitative estimate of drug-likeness (QED) is 0.441. The van der Waals surface area contributed by atoms with Crippen LogP contribution >= 0.6 is 0 Å². The minimum absolute atomic E-state index is 0.119. The van der Waals surface area contributed by atoms with Crippen LogP contribution in [0.1, 0.15) is 20.7 Å². The number of carbonyl (C=O) groups excluding carboxylic acids is 2. The summed E-state index contributed by atoms with van der Waals surface area (Å²) in [5.74, 6) is -2.68. The number of aromatic nitrogens is 1. The number of hydrogen-bond acceptors (Lipinski definition) is 5. The van der Waals surface area contributed by atoms with Crippen LogP contribution in [-0.4, -0.2) is 31.3 Å². The Morgan fingerprint density at radius 2 is 1.50 bits per heavy atom. The minimum Gasteiger partial charge on any atom is -0.495 e. The summed E-state index contributed by atoms with van der Waals surface area (Å²) in [5.41, 5.74) is 0.190. The van der Waals surface area contributed by atoms with Gasteiger partial charge in [-0.25, -0.2) is 21.7 Å². The molecule has 3 aromatic carbocycles. The van der Waals surface area contributed by atoms with Crippen LogP contribution < -0.4 is 9.64 Å². The standard InChI is InChI=1S/C23H15FN2O5S/c1-31-20-12-17(24)19(26-22(27)15-7-3-4-8-16(15)23(26)28)13-21(20)32(29,30)25-11-10-14-6-2-5-9-18(14)25/h2-13H,1H3. The number of amides is 2. The van der Waals surface area contributed by atoms with E-state index in [2.05, 4.69) is 0 Å². The number of ether oxygens (including phenoxy) is 1. The van der Waals surface area contributed by atoms with Crippen LogP contribution in [0, 0.1) is 5.82 Å². The Bertz CT molecular complexity index is 1510. The number of hydrogen-bond donors (Lipinski definition) is 0. The summed E-state index contributed by atoms with van der Waals surface area (Å²) in [4.78, 5) is 25.9. The molecule has 0 aliphatic carbocycles. The van der Waals surface area contributed by atoms with E-state index in [1.807, 2.05) is 0 Å². The Labute approximate surface area is 182 Å². The second-order valence-electron chi connectivity index (χ2n) is 7.12. The number of methoxy groups -OCH3 is 1. The monoisotopic (exact) mass is 450 g/mol. The molecular formula is C23H15FN2O5S. The van der Waals surface area contributed by atoms with E-state index in [1.165, 1.54) is 25.4 Å². The molecule has 0 unspecified atom stereocenters. The van der Waals surface area contributed by atoms with Crippen LogP contribution in [0.2, 0.25) is 0 Å². The highest BCUT2D eigenvalue weighted by molar-refractivity contribution is 7.90. The second-order valence-corrected chi connectivity index (χ2v) is 8.90. The first-order valence-electron chi connectivity index (χ1n) is 9.51. The van der Waals surface area contributed by atoms with Gasteiger partial charge in [0.1, 0.15) is 10.6 Å². The predicted molar refractivity (Wildman–Crippen MR) is 115 cm³/mol. The fourth-order valence-electron chi connectivity index (χ4n) is 3.84. The molecular weight excluding hydrogens is 435 g/mol. The van der Waals surface area contributed by atoms with Crippen LogP contribution in [0.25, 0.3) is 10.9 Å². The molecule has 0 fully saturated rings. The van der Waals surface area contributed by atoms with E-state index in [9.17, 15) is 22.4 Å². The lowest BCUT2D eigenvalue weighted by atomic mass is 10.1. The number of para-hydroxylation sites is 1. The average molecular weight is 450 g/mol. The van der Waals surface area contributed by atoms with E-state index in [0.717, 1.165) is 16.1 Å². The SMILES string of the molecule is COc1cc(F)c(N2C(=O)c3ccccc3C2=O)cc1S(=O)(=O)n1ccc2ccccc21. The first-order valence-corrected chi connectivity index (χ1v) is 11.0. The third-order valence-electron chi connectivity index (χ3n) is 5.37. The molecule has 2 amide bonds. The van der Waals surface area contributed by atoms with E-state index in [-0.39, 0.29) is 21.8 Å². The minimum atomic E-state index is -4.26. The largest absolute Gasteiger partial charge is 0.495 e. The molecule has 0 atom stereocenters. The molecule has 1 aliphatic rings. The lowest BCUT2D eigenvalue weighted by Gasteiger charge is -2.18. The Morgan fingerprint density at radius 1 is 0.875 bits per heavy atom. The van der Waals surface area contributed by atoms with E-state index < -0.39 is 33.3 Å². The maximum Gasteiger partial charge on any atom is 0.271 e. The zero-order valence-electron chi connectivity index (χ0n) is 16.7. The first-order chi connectivity index (χ1) is 15.3. The summed E-state index contributed by atoms with van der Waals surface area (Å²) in [5, 5.41) is 0.692. The fourth-order valence-corrected chi connectivity index (χ4v) is 5.35. The van der Waals surface area contributed by atoms with Crippen molar-refractivity contribution in [1.82, 2.24) is 3.97 Å². The van der Waals surface area contributed by atoms with Crippen molar-refractivity contribution in [2.45, 2.75) is 4.90 Å². The lowest BCUT2D eigenvalue weighted by molar-refractivity contribution is 0.0924. The Hall–Kier alpha value is -3.98.